The molecule has 1 amide bonds. The smallest absolute Gasteiger partial charge is 0.288 e. The van der Waals surface area contributed by atoms with E-state index in [1.54, 1.807) is 12.1 Å². The molecule has 0 unspecified atom stereocenters. The van der Waals surface area contributed by atoms with Gasteiger partial charge in [-0.3, -0.25) is 9.80 Å². The lowest BCUT2D eigenvalue weighted by molar-refractivity contribution is 0.0658. The van der Waals surface area contributed by atoms with Crippen LogP contribution >= 0.6 is 0 Å². The van der Waals surface area contributed by atoms with Gasteiger partial charge < -0.3 is 4.74 Å². The third-order valence-corrected chi connectivity index (χ3v) is 3.76. The maximum atomic E-state index is 12.5. The van der Waals surface area contributed by atoms with E-state index in [2.05, 4.69) is 15.6 Å². The van der Waals surface area contributed by atoms with E-state index in [4.69, 9.17) is 4.74 Å². The predicted molar refractivity (Wildman–Crippen MR) is 98.5 cm³/mol. The van der Waals surface area contributed by atoms with Crippen molar-refractivity contribution in [1.29, 1.82) is 0 Å². The number of nitrogens with zero attached hydrogens (tertiary/aromatic N) is 3. The Morgan fingerprint density at radius 3 is 2.54 bits per heavy atom. The standard InChI is InChI=1S/C20H20N4O2/c1-2-24(20(25)18-12-8-14-21-23-18)22-15-16-9-6-7-13-19(16)26-17-10-4-3-5-11-17/h3-14,22H,2,15H2,1H3. The van der Waals surface area contributed by atoms with Crippen molar-refractivity contribution < 1.29 is 9.53 Å². The summed E-state index contributed by atoms with van der Waals surface area (Å²) in [6.07, 6.45) is 1.54. The first kappa shape index (κ1) is 17.6. The number of para-hydroxylation sites is 2. The molecule has 0 fully saturated rings. The molecular weight excluding hydrogens is 328 g/mol. The second-order valence-electron chi connectivity index (χ2n) is 5.52. The lowest BCUT2D eigenvalue weighted by Gasteiger charge is -2.22. The Labute approximate surface area is 152 Å². The Morgan fingerprint density at radius 2 is 1.81 bits per heavy atom. The zero-order valence-corrected chi connectivity index (χ0v) is 14.5. The molecule has 0 saturated carbocycles. The van der Waals surface area contributed by atoms with Crippen LogP contribution in [0.25, 0.3) is 0 Å². The second kappa shape index (κ2) is 8.73. The Morgan fingerprint density at radius 1 is 1.04 bits per heavy atom. The van der Waals surface area contributed by atoms with Crippen molar-refractivity contribution in [3.8, 4) is 11.5 Å². The van der Waals surface area contributed by atoms with E-state index in [1.165, 1.54) is 11.2 Å². The van der Waals surface area contributed by atoms with Crippen LogP contribution in [-0.4, -0.2) is 27.7 Å². The molecule has 2 aromatic carbocycles. The van der Waals surface area contributed by atoms with Crippen LogP contribution in [0.4, 0.5) is 0 Å². The molecule has 1 N–H and O–H groups in total. The van der Waals surface area contributed by atoms with Crippen molar-refractivity contribution >= 4 is 5.91 Å². The maximum absolute atomic E-state index is 12.5. The first-order valence-corrected chi connectivity index (χ1v) is 8.42. The van der Waals surface area contributed by atoms with E-state index < -0.39 is 0 Å². The van der Waals surface area contributed by atoms with Crippen LogP contribution in [0.5, 0.6) is 11.5 Å². The van der Waals surface area contributed by atoms with Gasteiger partial charge in [-0.15, -0.1) is 5.10 Å². The molecule has 1 aromatic heterocycles. The highest BCUT2D eigenvalue weighted by Crippen LogP contribution is 2.24. The number of carbonyl (C=O) groups is 1. The molecule has 0 aliphatic heterocycles. The minimum Gasteiger partial charge on any atom is -0.457 e. The number of nitrogens with one attached hydrogen (secondary N) is 1. The summed E-state index contributed by atoms with van der Waals surface area (Å²) in [5.41, 5.74) is 4.39. The Hall–Kier alpha value is -3.25. The topological polar surface area (TPSA) is 67.3 Å². The summed E-state index contributed by atoms with van der Waals surface area (Å²) in [5.74, 6) is 1.29. The van der Waals surface area contributed by atoms with Gasteiger partial charge in [-0.1, -0.05) is 36.4 Å². The van der Waals surface area contributed by atoms with Gasteiger partial charge in [0.15, 0.2) is 5.69 Å². The lowest BCUT2D eigenvalue weighted by atomic mass is 10.2. The zero-order valence-electron chi connectivity index (χ0n) is 14.5. The highest BCUT2D eigenvalue weighted by atomic mass is 16.5. The zero-order chi connectivity index (χ0) is 18.2. The van der Waals surface area contributed by atoms with Crippen LogP contribution in [-0.2, 0) is 6.54 Å². The van der Waals surface area contributed by atoms with Gasteiger partial charge in [0, 0.05) is 24.8 Å². The molecule has 0 atom stereocenters. The Bertz CT molecular complexity index is 841. The van der Waals surface area contributed by atoms with Gasteiger partial charge in [-0.25, -0.2) is 5.43 Å². The molecule has 0 bridgehead atoms. The summed E-state index contributed by atoms with van der Waals surface area (Å²) in [5, 5.41) is 9.14. The minimum atomic E-state index is -0.220. The SMILES string of the molecule is CCN(NCc1ccccc1Oc1ccccc1)C(=O)c1cccnn1. The molecule has 0 aliphatic rings. The van der Waals surface area contributed by atoms with Gasteiger partial charge >= 0.3 is 0 Å². The highest BCUT2D eigenvalue weighted by Gasteiger charge is 2.16. The van der Waals surface area contributed by atoms with Crippen molar-refractivity contribution in [2.45, 2.75) is 13.5 Å². The molecule has 0 saturated heterocycles. The van der Waals surface area contributed by atoms with Crippen LogP contribution < -0.4 is 10.2 Å². The van der Waals surface area contributed by atoms with E-state index in [0.717, 1.165) is 17.1 Å². The molecule has 0 aliphatic carbocycles. The van der Waals surface area contributed by atoms with Crippen molar-refractivity contribution in [1.82, 2.24) is 20.6 Å². The summed E-state index contributed by atoms with van der Waals surface area (Å²) in [6.45, 7) is 2.84. The number of benzene rings is 2. The van der Waals surface area contributed by atoms with Crippen molar-refractivity contribution in [2.24, 2.45) is 0 Å². The van der Waals surface area contributed by atoms with Gasteiger partial charge in [-0.2, -0.15) is 5.10 Å². The van der Waals surface area contributed by atoms with Crippen LogP contribution in [0.2, 0.25) is 0 Å². The number of ether oxygens (including phenoxy) is 1. The fourth-order valence-electron chi connectivity index (χ4n) is 2.43. The van der Waals surface area contributed by atoms with Gasteiger partial charge in [-0.05, 0) is 37.3 Å². The number of hydrogen-bond acceptors (Lipinski definition) is 5. The minimum absolute atomic E-state index is 0.220. The molecule has 6 heteroatoms. The van der Waals surface area contributed by atoms with Crippen molar-refractivity contribution in [3.63, 3.8) is 0 Å². The fraction of sp³-hybridized carbons (Fsp3) is 0.150. The second-order valence-corrected chi connectivity index (χ2v) is 5.52. The summed E-state index contributed by atoms with van der Waals surface area (Å²) < 4.78 is 5.95. The Kier molecular flexibility index (Phi) is 5.90. The molecule has 6 nitrogen and oxygen atoms in total. The normalized spacial score (nSPS) is 10.3. The fourth-order valence-corrected chi connectivity index (χ4v) is 2.43. The van der Waals surface area contributed by atoms with E-state index in [0.29, 0.717) is 18.8 Å². The average Bonchev–Trinajstić information content (AvgIpc) is 2.71. The summed E-state index contributed by atoms with van der Waals surface area (Å²) in [6, 6.07) is 20.7. The van der Waals surface area contributed by atoms with E-state index in [-0.39, 0.29) is 5.91 Å². The van der Waals surface area contributed by atoms with Gasteiger partial charge in [0.1, 0.15) is 11.5 Å². The number of hydrazine groups is 1. The monoisotopic (exact) mass is 348 g/mol. The van der Waals surface area contributed by atoms with Crippen LogP contribution in [0.15, 0.2) is 72.9 Å². The summed E-state index contributed by atoms with van der Waals surface area (Å²) in [4.78, 5) is 12.5. The first-order chi connectivity index (χ1) is 12.8. The summed E-state index contributed by atoms with van der Waals surface area (Å²) in [7, 11) is 0. The summed E-state index contributed by atoms with van der Waals surface area (Å²) >= 11 is 0. The third-order valence-electron chi connectivity index (χ3n) is 3.76. The number of amides is 1. The quantitative estimate of drug-likeness (QED) is 0.663. The van der Waals surface area contributed by atoms with Gasteiger partial charge in [0.25, 0.3) is 5.91 Å². The predicted octanol–water partition coefficient (Wildman–Crippen LogP) is 3.44. The maximum Gasteiger partial charge on any atom is 0.288 e. The van der Waals surface area contributed by atoms with Crippen molar-refractivity contribution in [2.75, 3.05) is 6.54 Å². The van der Waals surface area contributed by atoms with Crippen LogP contribution in [0.3, 0.4) is 0 Å². The molecule has 1 heterocycles. The Balaban J connectivity index is 1.69. The number of aromatic nitrogens is 2. The molecule has 132 valence electrons. The van der Waals surface area contributed by atoms with E-state index >= 15 is 0 Å². The van der Waals surface area contributed by atoms with Gasteiger partial charge in [0.2, 0.25) is 0 Å². The molecule has 3 aromatic rings. The lowest BCUT2D eigenvalue weighted by Crippen LogP contribution is -2.42. The molecule has 26 heavy (non-hydrogen) atoms. The molecule has 0 spiro atoms. The van der Waals surface area contributed by atoms with Crippen LogP contribution in [0.1, 0.15) is 23.0 Å². The highest BCUT2D eigenvalue weighted by molar-refractivity contribution is 5.91. The van der Waals surface area contributed by atoms with Crippen LogP contribution in [0, 0.1) is 0 Å². The number of rotatable bonds is 7. The molecular formula is C20H20N4O2. The van der Waals surface area contributed by atoms with Crippen molar-refractivity contribution in [3.05, 3.63) is 84.2 Å². The molecule has 0 radical (unpaired) electrons. The average molecular weight is 348 g/mol. The molecule has 3 rings (SSSR count). The van der Waals surface area contributed by atoms with E-state index in [1.807, 2.05) is 61.5 Å². The largest absolute Gasteiger partial charge is 0.457 e. The number of carbonyl (C=O) groups excluding carboxylic acids is 1. The van der Waals surface area contributed by atoms with E-state index in [9.17, 15) is 4.79 Å². The number of hydrogen-bond donors (Lipinski definition) is 1. The third kappa shape index (κ3) is 4.43. The van der Waals surface area contributed by atoms with Gasteiger partial charge in [0.05, 0.1) is 0 Å². The first-order valence-electron chi connectivity index (χ1n) is 8.42.